The second kappa shape index (κ2) is 5.38. The molecule has 0 radical (unpaired) electrons. The fourth-order valence-corrected chi connectivity index (χ4v) is 1.09. The molecule has 1 unspecified atom stereocenters. The van der Waals surface area contributed by atoms with Gasteiger partial charge in [0.15, 0.2) is 11.9 Å². The molecule has 0 aliphatic carbocycles. The van der Waals surface area contributed by atoms with Gasteiger partial charge in [-0.1, -0.05) is 0 Å². The van der Waals surface area contributed by atoms with Crippen LogP contribution in [0.4, 0.5) is 0 Å². The van der Waals surface area contributed by atoms with Crippen LogP contribution < -0.4 is 4.74 Å². The van der Waals surface area contributed by atoms with Crippen LogP contribution in [0.3, 0.4) is 0 Å². The van der Waals surface area contributed by atoms with E-state index in [1.807, 2.05) is 6.92 Å². The molecule has 84 valence electrons. The Labute approximate surface area is 89.0 Å². The van der Waals surface area contributed by atoms with E-state index in [4.69, 9.17) is 9.47 Å². The zero-order valence-corrected chi connectivity index (χ0v) is 9.27. The Kier molecular flexibility index (Phi) is 4.15. The summed E-state index contributed by atoms with van der Waals surface area (Å²) >= 11 is 0. The molecule has 0 aliphatic heterocycles. The molecule has 1 aromatic rings. The Bertz CT molecular complexity index is 322. The van der Waals surface area contributed by atoms with E-state index in [1.54, 1.807) is 30.9 Å². The number of rotatable bonds is 5. The number of aryl methyl sites for hydroxylation is 1. The molecule has 15 heavy (non-hydrogen) atoms. The Hall–Kier alpha value is -1.52. The van der Waals surface area contributed by atoms with Gasteiger partial charge < -0.3 is 9.47 Å². The number of esters is 1. The largest absolute Gasteiger partial charge is 0.476 e. The third-order valence-electron chi connectivity index (χ3n) is 1.86. The Morgan fingerprint density at radius 1 is 1.60 bits per heavy atom. The lowest BCUT2D eigenvalue weighted by molar-refractivity contribution is -0.150. The smallest absolute Gasteiger partial charge is 0.347 e. The van der Waals surface area contributed by atoms with Crippen molar-refractivity contribution >= 4 is 5.97 Å². The second-order valence-electron chi connectivity index (χ2n) is 3.04. The third-order valence-corrected chi connectivity index (χ3v) is 1.86. The number of carbonyl (C=O) groups excluding carboxylic acids is 1. The van der Waals surface area contributed by atoms with Crippen LogP contribution in [0.2, 0.25) is 0 Å². The second-order valence-corrected chi connectivity index (χ2v) is 3.04. The van der Waals surface area contributed by atoms with Crippen molar-refractivity contribution in [2.45, 2.75) is 33.4 Å². The Morgan fingerprint density at radius 2 is 2.33 bits per heavy atom. The number of hydrogen-bond acceptors (Lipinski definition) is 4. The highest BCUT2D eigenvalue weighted by atomic mass is 16.6. The first-order valence-electron chi connectivity index (χ1n) is 5.03. The molecule has 1 rings (SSSR count). The molecule has 0 saturated carbocycles. The van der Waals surface area contributed by atoms with Gasteiger partial charge >= 0.3 is 5.97 Å². The van der Waals surface area contributed by atoms with Crippen LogP contribution in [0.15, 0.2) is 12.4 Å². The molecule has 0 bridgehead atoms. The predicted octanol–water partition coefficient (Wildman–Crippen LogP) is 1.23. The summed E-state index contributed by atoms with van der Waals surface area (Å²) in [6, 6.07) is 0. The van der Waals surface area contributed by atoms with Gasteiger partial charge in [-0.2, -0.15) is 5.10 Å². The summed E-state index contributed by atoms with van der Waals surface area (Å²) < 4.78 is 11.9. The first-order chi connectivity index (χ1) is 7.17. The molecule has 0 aromatic carbocycles. The first-order valence-corrected chi connectivity index (χ1v) is 5.03. The van der Waals surface area contributed by atoms with Crippen LogP contribution in [0, 0.1) is 0 Å². The van der Waals surface area contributed by atoms with Gasteiger partial charge in [-0.25, -0.2) is 4.79 Å². The van der Waals surface area contributed by atoms with Gasteiger partial charge in [-0.05, 0) is 20.8 Å². The van der Waals surface area contributed by atoms with Crippen LogP contribution >= 0.6 is 0 Å². The van der Waals surface area contributed by atoms with E-state index in [-0.39, 0.29) is 5.97 Å². The van der Waals surface area contributed by atoms with Crippen LogP contribution in [0.25, 0.3) is 0 Å². The van der Waals surface area contributed by atoms with Crippen molar-refractivity contribution in [1.82, 2.24) is 9.78 Å². The van der Waals surface area contributed by atoms with Gasteiger partial charge in [0.05, 0.1) is 19.0 Å². The van der Waals surface area contributed by atoms with Crippen molar-refractivity contribution in [2.24, 2.45) is 0 Å². The van der Waals surface area contributed by atoms with Crippen molar-refractivity contribution in [3.8, 4) is 5.75 Å². The van der Waals surface area contributed by atoms with Crippen molar-refractivity contribution in [3.63, 3.8) is 0 Å². The summed E-state index contributed by atoms with van der Waals surface area (Å²) in [5.41, 5.74) is 0. The van der Waals surface area contributed by atoms with E-state index in [0.717, 1.165) is 6.54 Å². The lowest BCUT2D eigenvalue weighted by Gasteiger charge is -2.11. The van der Waals surface area contributed by atoms with Gasteiger partial charge in [0.2, 0.25) is 0 Å². The monoisotopic (exact) mass is 212 g/mol. The molecule has 0 saturated heterocycles. The standard InChI is InChI=1S/C10H16N2O3/c1-4-12-7-9(6-11-12)15-8(3)10(13)14-5-2/h6-8H,4-5H2,1-3H3. The highest BCUT2D eigenvalue weighted by molar-refractivity contribution is 5.74. The average molecular weight is 212 g/mol. The Morgan fingerprint density at radius 3 is 2.87 bits per heavy atom. The molecule has 5 nitrogen and oxygen atoms in total. The molecule has 0 amide bonds. The molecule has 1 heterocycles. The van der Waals surface area contributed by atoms with Crippen LogP contribution in [-0.4, -0.2) is 28.5 Å². The normalized spacial score (nSPS) is 12.2. The minimum absolute atomic E-state index is 0.359. The zero-order valence-electron chi connectivity index (χ0n) is 9.27. The van der Waals surface area contributed by atoms with Gasteiger partial charge in [0, 0.05) is 6.54 Å². The van der Waals surface area contributed by atoms with Crippen molar-refractivity contribution in [2.75, 3.05) is 6.61 Å². The number of nitrogens with zero attached hydrogens (tertiary/aromatic N) is 2. The summed E-state index contributed by atoms with van der Waals surface area (Å²) in [6.45, 7) is 6.53. The van der Waals surface area contributed by atoms with E-state index in [9.17, 15) is 4.79 Å². The maximum Gasteiger partial charge on any atom is 0.347 e. The number of ether oxygens (including phenoxy) is 2. The maximum atomic E-state index is 11.2. The van der Waals surface area contributed by atoms with Crippen LogP contribution in [0.1, 0.15) is 20.8 Å². The SMILES string of the molecule is CCOC(=O)C(C)Oc1cnn(CC)c1. The van der Waals surface area contributed by atoms with Crippen molar-refractivity contribution < 1.29 is 14.3 Å². The van der Waals surface area contributed by atoms with Gasteiger partial charge in [0.25, 0.3) is 0 Å². The van der Waals surface area contributed by atoms with E-state index in [2.05, 4.69) is 5.10 Å². The van der Waals surface area contributed by atoms with E-state index < -0.39 is 6.10 Å². The summed E-state index contributed by atoms with van der Waals surface area (Å²) in [6.07, 6.45) is 2.73. The maximum absolute atomic E-state index is 11.2. The number of hydrogen-bond donors (Lipinski definition) is 0. The lowest BCUT2D eigenvalue weighted by Crippen LogP contribution is -2.25. The minimum Gasteiger partial charge on any atom is -0.476 e. The van der Waals surface area contributed by atoms with E-state index in [1.165, 1.54) is 0 Å². The molecule has 0 N–H and O–H groups in total. The van der Waals surface area contributed by atoms with E-state index in [0.29, 0.717) is 12.4 Å². The van der Waals surface area contributed by atoms with Crippen LogP contribution in [-0.2, 0) is 16.1 Å². The lowest BCUT2D eigenvalue weighted by atomic mass is 10.4. The van der Waals surface area contributed by atoms with Gasteiger partial charge in [-0.3, -0.25) is 4.68 Å². The molecular formula is C10H16N2O3. The van der Waals surface area contributed by atoms with Crippen LogP contribution in [0.5, 0.6) is 5.75 Å². The first kappa shape index (κ1) is 11.6. The fraction of sp³-hybridized carbons (Fsp3) is 0.600. The quantitative estimate of drug-likeness (QED) is 0.689. The molecular weight excluding hydrogens is 196 g/mol. The molecule has 1 aromatic heterocycles. The zero-order chi connectivity index (χ0) is 11.3. The van der Waals surface area contributed by atoms with E-state index >= 15 is 0 Å². The molecule has 0 fully saturated rings. The van der Waals surface area contributed by atoms with Gasteiger partial charge in [-0.15, -0.1) is 0 Å². The highest BCUT2D eigenvalue weighted by Crippen LogP contribution is 2.11. The van der Waals surface area contributed by atoms with Crippen molar-refractivity contribution in [1.29, 1.82) is 0 Å². The predicted molar refractivity (Wildman–Crippen MR) is 54.6 cm³/mol. The summed E-state index contributed by atoms with van der Waals surface area (Å²) in [5.74, 6) is 0.221. The summed E-state index contributed by atoms with van der Waals surface area (Å²) in [5, 5.41) is 4.03. The van der Waals surface area contributed by atoms with Gasteiger partial charge in [0.1, 0.15) is 0 Å². The number of carbonyl (C=O) groups is 1. The molecule has 1 atom stereocenters. The number of aromatic nitrogens is 2. The summed E-state index contributed by atoms with van der Waals surface area (Å²) in [7, 11) is 0. The minimum atomic E-state index is -0.598. The highest BCUT2D eigenvalue weighted by Gasteiger charge is 2.16. The van der Waals surface area contributed by atoms with Crippen molar-refractivity contribution in [3.05, 3.63) is 12.4 Å². The molecule has 0 spiro atoms. The average Bonchev–Trinajstić information content (AvgIpc) is 2.66. The summed E-state index contributed by atoms with van der Waals surface area (Å²) in [4.78, 5) is 11.2. The third kappa shape index (κ3) is 3.27. The molecule has 0 aliphatic rings. The topological polar surface area (TPSA) is 53.4 Å². The molecule has 5 heteroatoms. The Balaban J connectivity index is 2.50. The fourth-order valence-electron chi connectivity index (χ4n) is 1.09.